The first-order valence-electron chi connectivity index (χ1n) is 6.15. The molecule has 0 saturated heterocycles. The van der Waals surface area contributed by atoms with Crippen molar-refractivity contribution in [1.29, 1.82) is 0 Å². The zero-order valence-electron chi connectivity index (χ0n) is 11.4. The summed E-state index contributed by atoms with van der Waals surface area (Å²) in [6, 6.07) is 14.7. The van der Waals surface area contributed by atoms with Crippen LogP contribution in [0.1, 0.15) is 22.2 Å². The minimum absolute atomic E-state index is 0.207. The van der Waals surface area contributed by atoms with Gasteiger partial charge >= 0.3 is 5.97 Å². The number of carboxylic acid groups (broad SMARTS) is 1. The molecule has 0 aliphatic carbocycles. The van der Waals surface area contributed by atoms with Crippen molar-refractivity contribution in [2.45, 2.75) is 6.29 Å². The number of hydrogen-bond acceptors (Lipinski definition) is 3. The molecule has 0 aliphatic rings. The number of benzene rings is 2. The maximum absolute atomic E-state index is 11.1. The van der Waals surface area contributed by atoms with Crippen LogP contribution in [0.5, 0.6) is 0 Å². The molecule has 4 heteroatoms. The summed E-state index contributed by atoms with van der Waals surface area (Å²) in [7, 11) is 3.05. The van der Waals surface area contributed by atoms with E-state index in [4.69, 9.17) is 14.6 Å². The lowest BCUT2D eigenvalue weighted by molar-refractivity contribution is -0.105. The lowest BCUT2D eigenvalue weighted by Gasteiger charge is -2.18. The zero-order valence-corrected chi connectivity index (χ0v) is 11.4. The molecule has 0 heterocycles. The molecule has 0 radical (unpaired) electrons. The van der Waals surface area contributed by atoms with Gasteiger partial charge in [-0.1, -0.05) is 36.4 Å². The minimum Gasteiger partial charge on any atom is -0.478 e. The van der Waals surface area contributed by atoms with E-state index in [1.54, 1.807) is 18.2 Å². The van der Waals surface area contributed by atoms with Gasteiger partial charge in [0.2, 0.25) is 0 Å². The largest absolute Gasteiger partial charge is 0.478 e. The molecule has 2 aromatic rings. The smallest absolute Gasteiger partial charge is 0.335 e. The van der Waals surface area contributed by atoms with E-state index in [1.165, 1.54) is 14.2 Å². The van der Waals surface area contributed by atoms with Crippen molar-refractivity contribution in [3.05, 3.63) is 59.7 Å². The maximum atomic E-state index is 11.1. The van der Waals surface area contributed by atoms with Gasteiger partial charge in [0, 0.05) is 19.8 Å². The molecule has 104 valence electrons. The summed E-state index contributed by atoms with van der Waals surface area (Å²) < 4.78 is 10.5. The Balaban J connectivity index is 2.59. The first-order chi connectivity index (χ1) is 9.67. The van der Waals surface area contributed by atoms with Crippen molar-refractivity contribution in [2.24, 2.45) is 0 Å². The van der Waals surface area contributed by atoms with Crippen LogP contribution in [0.25, 0.3) is 11.1 Å². The molecule has 0 atom stereocenters. The number of rotatable bonds is 5. The lowest BCUT2D eigenvalue weighted by atomic mass is 9.97. The Morgan fingerprint density at radius 2 is 1.70 bits per heavy atom. The van der Waals surface area contributed by atoms with Gasteiger partial charge in [0.1, 0.15) is 0 Å². The van der Waals surface area contributed by atoms with Crippen LogP contribution in [-0.4, -0.2) is 25.3 Å². The Kier molecular flexibility index (Phi) is 4.50. The van der Waals surface area contributed by atoms with Crippen molar-refractivity contribution in [1.82, 2.24) is 0 Å². The summed E-state index contributed by atoms with van der Waals surface area (Å²) in [5.74, 6) is -0.975. The highest BCUT2D eigenvalue weighted by atomic mass is 16.7. The van der Waals surface area contributed by atoms with Gasteiger partial charge in [-0.25, -0.2) is 4.79 Å². The standard InChI is InChI=1S/C16H16O4/c1-19-16(20-2)14-10-12(15(17)18)8-9-13(14)11-6-4-3-5-7-11/h3-10,16H,1-2H3,(H,17,18). The fourth-order valence-corrected chi connectivity index (χ4v) is 2.12. The second-order valence-electron chi connectivity index (χ2n) is 4.28. The molecule has 1 N–H and O–H groups in total. The summed E-state index contributed by atoms with van der Waals surface area (Å²) in [4.78, 5) is 11.1. The molecule has 20 heavy (non-hydrogen) atoms. The van der Waals surface area contributed by atoms with E-state index >= 15 is 0 Å². The Morgan fingerprint density at radius 3 is 2.25 bits per heavy atom. The zero-order chi connectivity index (χ0) is 14.5. The molecular weight excluding hydrogens is 256 g/mol. The van der Waals surface area contributed by atoms with Crippen molar-refractivity contribution in [3.63, 3.8) is 0 Å². The second kappa shape index (κ2) is 6.32. The molecule has 4 nitrogen and oxygen atoms in total. The quantitative estimate of drug-likeness (QED) is 0.848. The van der Waals surface area contributed by atoms with Gasteiger partial charge in [0.15, 0.2) is 6.29 Å². The molecule has 0 spiro atoms. The monoisotopic (exact) mass is 272 g/mol. The molecule has 2 aromatic carbocycles. The van der Waals surface area contributed by atoms with E-state index in [9.17, 15) is 4.79 Å². The first kappa shape index (κ1) is 14.2. The highest BCUT2D eigenvalue weighted by Crippen LogP contribution is 2.31. The second-order valence-corrected chi connectivity index (χ2v) is 4.28. The minimum atomic E-state index is -0.975. The average Bonchev–Trinajstić information content (AvgIpc) is 2.49. The van der Waals surface area contributed by atoms with E-state index in [-0.39, 0.29) is 5.56 Å². The van der Waals surface area contributed by atoms with Crippen LogP contribution >= 0.6 is 0 Å². The van der Waals surface area contributed by atoms with Crippen LogP contribution in [0.2, 0.25) is 0 Å². The van der Waals surface area contributed by atoms with E-state index in [1.807, 2.05) is 30.3 Å². The highest BCUT2D eigenvalue weighted by Gasteiger charge is 2.17. The highest BCUT2D eigenvalue weighted by molar-refractivity contribution is 5.89. The summed E-state index contributed by atoms with van der Waals surface area (Å²) in [5.41, 5.74) is 2.78. The number of methoxy groups -OCH3 is 2. The van der Waals surface area contributed by atoms with Crippen LogP contribution in [0, 0.1) is 0 Å². The number of carbonyl (C=O) groups is 1. The molecule has 0 aliphatic heterocycles. The van der Waals surface area contributed by atoms with Crippen LogP contribution in [0.3, 0.4) is 0 Å². The average molecular weight is 272 g/mol. The molecule has 0 saturated carbocycles. The van der Waals surface area contributed by atoms with E-state index < -0.39 is 12.3 Å². The normalized spacial score (nSPS) is 10.8. The van der Waals surface area contributed by atoms with Gasteiger partial charge in [-0.3, -0.25) is 0 Å². The van der Waals surface area contributed by atoms with E-state index in [2.05, 4.69) is 0 Å². The van der Waals surface area contributed by atoms with Crippen molar-refractivity contribution in [3.8, 4) is 11.1 Å². The SMILES string of the molecule is COC(OC)c1cc(C(=O)O)ccc1-c1ccccc1. The van der Waals surface area contributed by atoms with Crippen molar-refractivity contribution >= 4 is 5.97 Å². The fourth-order valence-electron chi connectivity index (χ4n) is 2.12. The van der Waals surface area contributed by atoms with Gasteiger partial charge in [0.25, 0.3) is 0 Å². The van der Waals surface area contributed by atoms with Gasteiger partial charge in [-0.05, 0) is 23.3 Å². The van der Waals surface area contributed by atoms with Gasteiger partial charge in [-0.2, -0.15) is 0 Å². The van der Waals surface area contributed by atoms with Gasteiger partial charge in [-0.15, -0.1) is 0 Å². The summed E-state index contributed by atoms with van der Waals surface area (Å²) in [5, 5.41) is 9.12. The predicted octanol–water partition coefficient (Wildman–Crippen LogP) is 3.34. The molecule has 0 aromatic heterocycles. The van der Waals surface area contributed by atoms with Crippen LogP contribution in [-0.2, 0) is 9.47 Å². The molecule has 0 amide bonds. The van der Waals surface area contributed by atoms with Gasteiger partial charge < -0.3 is 14.6 Å². The van der Waals surface area contributed by atoms with Gasteiger partial charge in [0.05, 0.1) is 5.56 Å². The van der Waals surface area contributed by atoms with Crippen LogP contribution in [0.4, 0.5) is 0 Å². The number of aromatic carboxylic acids is 1. The molecule has 0 unspecified atom stereocenters. The maximum Gasteiger partial charge on any atom is 0.335 e. The first-order valence-corrected chi connectivity index (χ1v) is 6.15. The molecular formula is C16H16O4. The Bertz CT molecular complexity index is 589. The third-order valence-corrected chi connectivity index (χ3v) is 3.07. The third kappa shape index (κ3) is 2.87. The Hall–Kier alpha value is -2.17. The van der Waals surface area contributed by atoms with E-state index in [0.717, 1.165) is 11.1 Å². The summed E-state index contributed by atoms with van der Waals surface area (Å²) in [6.45, 7) is 0. The van der Waals surface area contributed by atoms with E-state index in [0.29, 0.717) is 5.56 Å². The van der Waals surface area contributed by atoms with Crippen LogP contribution in [0.15, 0.2) is 48.5 Å². The molecule has 0 bridgehead atoms. The van der Waals surface area contributed by atoms with Crippen LogP contribution < -0.4 is 0 Å². The number of ether oxygens (including phenoxy) is 2. The number of carboxylic acids is 1. The Morgan fingerprint density at radius 1 is 1.05 bits per heavy atom. The molecule has 2 rings (SSSR count). The number of hydrogen-bond donors (Lipinski definition) is 1. The predicted molar refractivity (Wildman–Crippen MR) is 75.6 cm³/mol. The topological polar surface area (TPSA) is 55.8 Å². The summed E-state index contributed by atoms with van der Waals surface area (Å²) >= 11 is 0. The third-order valence-electron chi connectivity index (χ3n) is 3.07. The van der Waals surface area contributed by atoms with Crippen molar-refractivity contribution in [2.75, 3.05) is 14.2 Å². The van der Waals surface area contributed by atoms with Crippen molar-refractivity contribution < 1.29 is 19.4 Å². The molecule has 0 fully saturated rings. The fraction of sp³-hybridized carbons (Fsp3) is 0.188. The Labute approximate surface area is 117 Å². The summed E-state index contributed by atoms with van der Waals surface area (Å²) in [6.07, 6.45) is -0.607. The lowest BCUT2D eigenvalue weighted by Crippen LogP contribution is -2.08.